The van der Waals surface area contributed by atoms with E-state index in [4.69, 9.17) is 0 Å². The molecule has 0 bridgehead atoms. The maximum Gasteiger partial charge on any atom is 0.0219 e. The first-order chi connectivity index (χ1) is 8.58. The Balaban J connectivity index is 2.01. The normalized spacial score (nSPS) is 10.9. The van der Waals surface area contributed by atoms with Gasteiger partial charge in [-0.05, 0) is 66.3 Å². The van der Waals surface area contributed by atoms with E-state index in [1.807, 2.05) is 0 Å². The van der Waals surface area contributed by atoms with Crippen molar-refractivity contribution in [2.45, 2.75) is 40.8 Å². The van der Waals surface area contributed by atoms with Crippen LogP contribution in [0.25, 0.3) is 0 Å². The van der Waals surface area contributed by atoms with Crippen LogP contribution in [0.4, 0.5) is 0 Å². The maximum atomic E-state index is 3.55. The average Bonchev–Trinajstić information content (AvgIpc) is 2.68. The smallest absolute Gasteiger partial charge is 0.0219 e. The lowest BCUT2D eigenvalue weighted by Gasteiger charge is -2.12. The molecule has 2 rings (SSSR count). The lowest BCUT2D eigenvalue weighted by molar-refractivity contribution is 0.687. The van der Waals surface area contributed by atoms with E-state index in [9.17, 15) is 0 Å². The summed E-state index contributed by atoms with van der Waals surface area (Å²) in [6.07, 6.45) is 0. The summed E-state index contributed by atoms with van der Waals surface area (Å²) in [5.74, 6) is 0. The van der Waals surface area contributed by atoms with Crippen LogP contribution in [0.5, 0.6) is 0 Å². The number of benzene rings is 1. The summed E-state index contributed by atoms with van der Waals surface area (Å²) >= 11 is 1.78. The van der Waals surface area contributed by atoms with Crippen molar-refractivity contribution >= 4 is 11.3 Å². The molecule has 0 spiro atoms. The lowest BCUT2D eigenvalue weighted by atomic mass is 10.00. The molecule has 0 amide bonds. The molecule has 0 saturated carbocycles. The SMILES string of the molecule is Cc1cc(C)c(CNCc2cscc2C)c(C)c1. The van der Waals surface area contributed by atoms with E-state index in [1.165, 1.54) is 33.4 Å². The number of hydrogen-bond donors (Lipinski definition) is 1. The van der Waals surface area contributed by atoms with Crippen molar-refractivity contribution < 1.29 is 0 Å². The minimum atomic E-state index is 0.952. The van der Waals surface area contributed by atoms with Crippen molar-refractivity contribution in [1.82, 2.24) is 5.32 Å². The molecule has 1 nitrogen and oxygen atoms in total. The van der Waals surface area contributed by atoms with E-state index in [0.29, 0.717) is 0 Å². The molecule has 96 valence electrons. The fourth-order valence-electron chi connectivity index (χ4n) is 2.38. The highest BCUT2D eigenvalue weighted by Crippen LogP contribution is 2.17. The number of hydrogen-bond acceptors (Lipinski definition) is 2. The van der Waals surface area contributed by atoms with E-state index < -0.39 is 0 Å². The van der Waals surface area contributed by atoms with Crippen molar-refractivity contribution in [1.29, 1.82) is 0 Å². The van der Waals surface area contributed by atoms with Gasteiger partial charge in [-0.3, -0.25) is 0 Å². The molecular weight excluding hydrogens is 238 g/mol. The average molecular weight is 259 g/mol. The number of nitrogens with one attached hydrogen (secondary N) is 1. The Hall–Kier alpha value is -1.12. The molecule has 0 saturated heterocycles. The Morgan fingerprint density at radius 2 is 1.56 bits per heavy atom. The molecular formula is C16H21NS. The van der Waals surface area contributed by atoms with E-state index in [1.54, 1.807) is 11.3 Å². The number of rotatable bonds is 4. The minimum Gasteiger partial charge on any atom is -0.309 e. The molecule has 2 aromatic rings. The first-order valence-corrected chi connectivity index (χ1v) is 7.31. The summed E-state index contributed by atoms with van der Waals surface area (Å²) in [5.41, 5.74) is 8.38. The molecule has 0 unspecified atom stereocenters. The summed E-state index contributed by atoms with van der Waals surface area (Å²) in [6, 6.07) is 4.53. The largest absolute Gasteiger partial charge is 0.309 e. The van der Waals surface area contributed by atoms with Crippen LogP contribution in [0.1, 0.15) is 33.4 Å². The van der Waals surface area contributed by atoms with Crippen molar-refractivity contribution in [2.24, 2.45) is 0 Å². The predicted octanol–water partition coefficient (Wildman–Crippen LogP) is 4.27. The molecule has 0 aliphatic carbocycles. The van der Waals surface area contributed by atoms with Crippen LogP contribution >= 0.6 is 11.3 Å². The van der Waals surface area contributed by atoms with Crippen LogP contribution in [0, 0.1) is 27.7 Å². The Bertz CT molecular complexity index is 517. The zero-order chi connectivity index (χ0) is 13.1. The van der Waals surface area contributed by atoms with Crippen LogP contribution in [0.3, 0.4) is 0 Å². The summed E-state index contributed by atoms with van der Waals surface area (Å²) in [5, 5.41) is 7.99. The van der Waals surface area contributed by atoms with Crippen LogP contribution < -0.4 is 5.32 Å². The zero-order valence-electron chi connectivity index (χ0n) is 11.6. The van der Waals surface area contributed by atoms with Gasteiger partial charge in [0.15, 0.2) is 0 Å². The molecule has 0 radical (unpaired) electrons. The van der Waals surface area contributed by atoms with E-state index in [0.717, 1.165) is 13.1 Å². The predicted molar refractivity (Wildman–Crippen MR) is 80.3 cm³/mol. The molecule has 2 heteroatoms. The molecule has 0 aliphatic heterocycles. The molecule has 1 aromatic carbocycles. The lowest BCUT2D eigenvalue weighted by Crippen LogP contribution is -2.14. The van der Waals surface area contributed by atoms with Gasteiger partial charge in [0, 0.05) is 13.1 Å². The Labute approximate surface area is 114 Å². The van der Waals surface area contributed by atoms with Crippen molar-refractivity contribution in [2.75, 3.05) is 0 Å². The third-order valence-electron chi connectivity index (χ3n) is 3.42. The summed E-state index contributed by atoms with van der Waals surface area (Å²) in [6.45, 7) is 10.6. The highest BCUT2D eigenvalue weighted by molar-refractivity contribution is 7.08. The van der Waals surface area contributed by atoms with Gasteiger partial charge in [-0.2, -0.15) is 11.3 Å². The molecule has 0 aliphatic rings. The van der Waals surface area contributed by atoms with Crippen LogP contribution in [-0.2, 0) is 13.1 Å². The third kappa shape index (κ3) is 3.01. The first-order valence-electron chi connectivity index (χ1n) is 6.37. The minimum absolute atomic E-state index is 0.952. The van der Waals surface area contributed by atoms with E-state index in [2.05, 4.69) is 55.9 Å². The standard InChI is InChI=1S/C16H21NS/c1-11-5-12(2)16(13(3)6-11)8-17-7-15-10-18-9-14(15)4/h5-6,9-10,17H,7-8H2,1-4H3. The van der Waals surface area contributed by atoms with Gasteiger partial charge in [-0.1, -0.05) is 17.7 Å². The van der Waals surface area contributed by atoms with Crippen molar-refractivity contribution in [3.8, 4) is 0 Å². The topological polar surface area (TPSA) is 12.0 Å². The molecule has 18 heavy (non-hydrogen) atoms. The Morgan fingerprint density at radius 3 is 2.11 bits per heavy atom. The molecule has 1 N–H and O–H groups in total. The summed E-state index contributed by atoms with van der Waals surface area (Å²) < 4.78 is 0. The van der Waals surface area contributed by atoms with Crippen molar-refractivity contribution in [3.63, 3.8) is 0 Å². The Morgan fingerprint density at radius 1 is 0.889 bits per heavy atom. The quantitative estimate of drug-likeness (QED) is 0.864. The van der Waals surface area contributed by atoms with E-state index >= 15 is 0 Å². The van der Waals surface area contributed by atoms with E-state index in [-0.39, 0.29) is 0 Å². The van der Waals surface area contributed by atoms with Gasteiger partial charge in [0.05, 0.1) is 0 Å². The van der Waals surface area contributed by atoms with Crippen LogP contribution in [0.2, 0.25) is 0 Å². The van der Waals surface area contributed by atoms with Gasteiger partial charge in [0.2, 0.25) is 0 Å². The number of thiophene rings is 1. The monoisotopic (exact) mass is 259 g/mol. The van der Waals surface area contributed by atoms with Crippen LogP contribution in [0.15, 0.2) is 22.9 Å². The summed E-state index contributed by atoms with van der Waals surface area (Å²) in [4.78, 5) is 0. The fourth-order valence-corrected chi connectivity index (χ4v) is 3.24. The fraction of sp³-hybridized carbons (Fsp3) is 0.375. The second kappa shape index (κ2) is 5.68. The van der Waals surface area contributed by atoms with Gasteiger partial charge in [-0.25, -0.2) is 0 Å². The molecule has 0 fully saturated rings. The maximum absolute atomic E-state index is 3.55. The number of aryl methyl sites for hydroxylation is 4. The van der Waals surface area contributed by atoms with Crippen molar-refractivity contribution in [3.05, 3.63) is 56.3 Å². The second-order valence-electron chi connectivity index (χ2n) is 5.06. The first kappa shape index (κ1) is 13.3. The molecule has 1 aromatic heterocycles. The highest BCUT2D eigenvalue weighted by atomic mass is 32.1. The van der Waals surface area contributed by atoms with Crippen LogP contribution in [-0.4, -0.2) is 0 Å². The second-order valence-corrected chi connectivity index (χ2v) is 5.80. The zero-order valence-corrected chi connectivity index (χ0v) is 12.4. The molecule has 0 atom stereocenters. The van der Waals surface area contributed by atoms with Gasteiger partial charge < -0.3 is 5.32 Å². The molecule has 1 heterocycles. The Kier molecular flexibility index (Phi) is 4.20. The van der Waals surface area contributed by atoms with Gasteiger partial charge >= 0.3 is 0 Å². The third-order valence-corrected chi connectivity index (χ3v) is 4.33. The van der Waals surface area contributed by atoms with Gasteiger partial charge in [0.1, 0.15) is 0 Å². The summed E-state index contributed by atoms with van der Waals surface area (Å²) in [7, 11) is 0. The highest BCUT2D eigenvalue weighted by Gasteiger charge is 2.04. The van der Waals surface area contributed by atoms with Gasteiger partial charge in [-0.15, -0.1) is 0 Å². The van der Waals surface area contributed by atoms with Gasteiger partial charge in [0.25, 0.3) is 0 Å².